The predicted octanol–water partition coefficient (Wildman–Crippen LogP) is 3.93. The summed E-state index contributed by atoms with van der Waals surface area (Å²) in [5.41, 5.74) is 0.885. The third kappa shape index (κ3) is 5.13. The van der Waals surface area contributed by atoms with Crippen LogP contribution in [-0.2, 0) is 9.53 Å². The summed E-state index contributed by atoms with van der Waals surface area (Å²) in [5, 5.41) is 3.11. The second-order valence-electron chi connectivity index (χ2n) is 5.35. The number of hydrogen-bond acceptors (Lipinski definition) is 5. The Hall–Kier alpha value is -2.73. The summed E-state index contributed by atoms with van der Waals surface area (Å²) in [6.45, 7) is 3.63. The summed E-state index contributed by atoms with van der Waals surface area (Å²) in [5.74, 6) is 0.117. The van der Waals surface area contributed by atoms with Crippen molar-refractivity contribution in [2.45, 2.75) is 20.0 Å². The highest BCUT2D eigenvalue weighted by atomic mass is 35.5. The number of anilines is 1. The number of halogens is 1. The van der Waals surface area contributed by atoms with Crippen LogP contribution in [0.3, 0.4) is 0 Å². The number of esters is 1. The van der Waals surface area contributed by atoms with Crippen LogP contribution in [0.2, 0.25) is 5.02 Å². The van der Waals surface area contributed by atoms with E-state index in [1.807, 2.05) is 0 Å². The molecule has 0 saturated carbocycles. The third-order valence-corrected chi connectivity index (χ3v) is 3.74. The molecule has 2 aromatic rings. The Kier molecular flexibility index (Phi) is 6.86. The molecular weight excluding hydrogens is 358 g/mol. The van der Waals surface area contributed by atoms with Gasteiger partial charge in [-0.15, -0.1) is 0 Å². The van der Waals surface area contributed by atoms with Crippen molar-refractivity contribution in [3.63, 3.8) is 0 Å². The van der Waals surface area contributed by atoms with Crippen LogP contribution in [-0.4, -0.2) is 31.7 Å². The summed E-state index contributed by atoms with van der Waals surface area (Å²) in [6.07, 6.45) is -0.784. The minimum Gasteiger partial charge on any atom is -0.495 e. The molecule has 1 amide bonds. The van der Waals surface area contributed by atoms with Gasteiger partial charge in [-0.3, -0.25) is 4.79 Å². The van der Waals surface area contributed by atoms with Gasteiger partial charge >= 0.3 is 5.97 Å². The summed E-state index contributed by atoms with van der Waals surface area (Å²) >= 11 is 6.04. The van der Waals surface area contributed by atoms with E-state index in [-0.39, 0.29) is 12.5 Å². The van der Waals surface area contributed by atoms with Crippen LogP contribution >= 0.6 is 11.6 Å². The molecule has 6 nitrogen and oxygen atoms in total. The van der Waals surface area contributed by atoms with Gasteiger partial charge in [-0.25, -0.2) is 4.79 Å². The maximum Gasteiger partial charge on any atom is 0.338 e. The molecule has 138 valence electrons. The van der Waals surface area contributed by atoms with Crippen LogP contribution in [0.4, 0.5) is 5.69 Å². The minimum absolute atomic E-state index is 0.285. The molecule has 0 bridgehead atoms. The van der Waals surface area contributed by atoms with Crippen LogP contribution in [0, 0.1) is 0 Å². The van der Waals surface area contributed by atoms with Gasteiger partial charge in [0.15, 0.2) is 6.10 Å². The van der Waals surface area contributed by atoms with Crippen molar-refractivity contribution < 1.29 is 23.8 Å². The van der Waals surface area contributed by atoms with E-state index in [9.17, 15) is 9.59 Å². The van der Waals surface area contributed by atoms with Crippen LogP contribution in [0.15, 0.2) is 42.5 Å². The zero-order chi connectivity index (χ0) is 19.1. The molecule has 26 heavy (non-hydrogen) atoms. The van der Waals surface area contributed by atoms with Crippen molar-refractivity contribution in [3.05, 3.63) is 53.1 Å². The molecule has 0 aliphatic heterocycles. The Morgan fingerprint density at radius 2 is 1.96 bits per heavy atom. The van der Waals surface area contributed by atoms with Crippen molar-refractivity contribution in [2.75, 3.05) is 19.0 Å². The van der Waals surface area contributed by atoms with Gasteiger partial charge in [0.1, 0.15) is 11.5 Å². The van der Waals surface area contributed by atoms with E-state index < -0.39 is 12.1 Å². The van der Waals surface area contributed by atoms with E-state index in [0.717, 1.165) is 0 Å². The van der Waals surface area contributed by atoms with Crippen LogP contribution in [0.5, 0.6) is 11.5 Å². The first kappa shape index (κ1) is 19.6. The monoisotopic (exact) mass is 377 g/mol. The summed E-state index contributed by atoms with van der Waals surface area (Å²) in [6, 6.07) is 11.4. The van der Waals surface area contributed by atoms with Crippen LogP contribution < -0.4 is 14.8 Å². The zero-order valence-electron chi connectivity index (χ0n) is 14.7. The first-order valence-corrected chi connectivity index (χ1v) is 8.40. The van der Waals surface area contributed by atoms with Crippen molar-refractivity contribution >= 4 is 29.2 Å². The summed E-state index contributed by atoms with van der Waals surface area (Å²) in [7, 11) is 1.51. The van der Waals surface area contributed by atoms with E-state index in [1.165, 1.54) is 13.2 Å². The summed E-state index contributed by atoms with van der Waals surface area (Å²) in [4.78, 5) is 24.1. The van der Waals surface area contributed by atoms with Gasteiger partial charge in [-0.2, -0.15) is 0 Å². The second-order valence-corrected chi connectivity index (χ2v) is 5.75. The fourth-order valence-electron chi connectivity index (χ4n) is 2.16. The molecule has 0 fully saturated rings. The van der Waals surface area contributed by atoms with Gasteiger partial charge in [-0.1, -0.05) is 17.7 Å². The van der Waals surface area contributed by atoms with Gasteiger partial charge in [-0.05, 0) is 50.2 Å². The summed E-state index contributed by atoms with van der Waals surface area (Å²) < 4.78 is 15.6. The molecule has 0 aliphatic carbocycles. The smallest absolute Gasteiger partial charge is 0.338 e. The maximum atomic E-state index is 12.3. The first-order valence-electron chi connectivity index (χ1n) is 8.02. The highest BCUT2D eigenvalue weighted by Crippen LogP contribution is 2.27. The average molecular weight is 378 g/mol. The highest BCUT2D eigenvalue weighted by molar-refractivity contribution is 6.32. The molecule has 0 unspecified atom stereocenters. The molecule has 1 N–H and O–H groups in total. The van der Waals surface area contributed by atoms with Crippen molar-refractivity contribution in [2.24, 2.45) is 0 Å². The van der Waals surface area contributed by atoms with E-state index in [1.54, 1.807) is 50.2 Å². The Morgan fingerprint density at radius 3 is 2.62 bits per heavy atom. The van der Waals surface area contributed by atoms with Gasteiger partial charge in [0, 0.05) is 5.69 Å². The molecule has 0 radical (unpaired) electrons. The Bertz CT molecular complexity index is 793. The molecular formula is C19H20ClNO5. The predicted molar refractivity (Wildman–Crippen MR) is 99.1 cm³/mol. The third-order valence-electron chi connectivity index (χ3n) is 3.45. The lowest BCUT2D eigenvalue weighted by Gasteiger charge is -2.15. The first-order chi connectivity index (χ1) is 12.4. The Balaban J connectivity index is 2.02. The molecule has 1 atom stereocenters. The second kappa shape index (κ2) is 9.10. The van der Waals surface area contributed by atoms with E-state index in [4.69, 9.17) is 25.8 Å². The molecule has 0 aliphatic rings. The number of amides is 1. The van der Waals surface area contributed by atoms with Gasteiger partial charge in [0.05, 0.1) is 24.3 Å². The number of ether oxygens (including phenoxy) is 3. The minimum atomic E-state index is -0.784. The Labute approximate surface area is 157 Å². The quantitative estimate of drug-likeness (QED) is 0.740. The van der Waals surface area contributed by atoms with E-state index in [0.29, 0.717) is 27.8 Å². The van der Waals surface area contributed by atoms with Crippen LogP contribution in [0.25, 0.3) is 0 Å². The van der Waals surface area contributed by atoms with Crippen molar-refractivity contribution in [1.82, 2.24) is 0 Å². The SMILES string of the molecule is CCOC(=O)c1cccc(O[C@@H](C)C(=O)Nc2ccc(OC)c(Cl)c2)c1. The number of benzene rings is 2. The number of hydrogen-bond donors (Lipinski definition) is 1. The fourth-order valence-corrected chi connectivity index (χ4v) is 2.41. The zero-order valence-corrected chi connectivity index (χ0v) is 15.5. The van der Waals surface area contributed by atoms with Gasteiger partial charge in [0.2, 0.25) is 0 Å². The topological polar surface area (TPSA) is 73.9 Å². The van der Waals surface area contributed by atoms with Crippen molar-refractivity contribution in [1.29, 1.82) is 0 Å². The molecule has 0 aromatic heterocycles. The molecule has 0 saturated heterocycles. The van der Waals surface area contributed by atoms with Gasteiger partial charge < -0.3 is 19.5 Å². The largest absolute Gasteiger partial charge is 0.495 e. The number of carbonyl (C=O) groups excluding carboxylic acids is 2. The van der Waals surface area contributed by atoms with E-state index in [2.05, 4.69) is 5.32 Å². The highest BCUT2D eigenvalue weighted by Gasteiger charge is 2.16. The lowest BCUT2D eigenvalue weighted by molar-refractivity contribution is -0.122. The average Bonchev–Trinajstić information content (AvgIpc) is 2.62. The lowest BCUT2D eigenvalue weighted by atomic mass is 10.2. The number of nitrogens with one attached hydrogen (secondary N) is 1. The molecule has 7 heteroatoms. The number of carbonyl (C=O) groups is 2. The number of methoxy groups -OCH3 is 1. The normalized spacial score (nSPS) is 11.4. The molecule has 2 aromatic carbocycles. The standard InChI is InChI=1S/C19H20ClNO5/c1-4-25-19(23)13-6-5-7-15(10-13)26-12(2)18(22)21-14-8-9-17(24-3)16(20)11-14/h5-12H,4H2,1-3H3,(H,21,22)/t12-/m0/s1. The molecule has 0 spiro atoms. The molecule has 2 rings (SSSR count). The van der Waals surface area contributed by atoms with Gasteiger partial charge in [0.25, 0.3) is 5.91 Å². The maximum absolute atomic E-state index is 12.3. The fraction of sp³-hybridized carbons (Fsp3) is 0.263. The van der Waals surface area contributed by atoms with Crippen molar-refractivity contribution in [3.8, 4) is 11.5 Å². The number of rotatable bonds is 7. The van der Waals surface area contributed by atoms with E-state index >= 15 is 0 Å². The lowest BCUT2D eigenvalue weighted by Crippen LogP contribution is -2.30. The Morgan fingerprint density at radius 1 is 1.19 bits per heavy atom. The van der Waals surface area contributed by atoms with Crippen LogP contribution in [0.1, 0.15) is 24.2 Å². The molecule has 0 heterocycles.